The number of methoxy groups -OCH3 is 1. The van der Waals surface area contributed by atoms with E-state index in [9.17, 15) is 26.7 Å². The molecule has 0 bridgehead atoms. The molecule has 0 aliphatic carbocycles. The van der Waals surface area contributed by atoms with Gasteiger partial charge in [-0.05, 0) is 24.3 Å². The van der Waals surface area contributed by atoms with Gasteiger partial charge in [-0.3, -0.25) is 0 Å². The van der Waals surface area contributed by atoms with Gasteiger partial charge in [0, 0.05) is 0 Å². The Morgan fingerprint density at radius 3 is 1.83 bits per heavy atom. The zero-order valence-corrected chi connectivity index (χ0v) is 11.6. The van der Waals surface area contributed by atoms with Crippen molar-refractivity contribution in [1.29, 1.82) is 0 Å². The fourth-order valence-electron chi connectivity index (χ4n) is 1.73. The lowest BCUT2D eigenvalue weighted by Crippen LogP contribution is -2.11. The number of hydrogen-bond acceptors (Lipinski definition) is 3. The number of esters is 1. The van der Waals surface area contributed by atoms with Gasteiger partial charge >= 0.3 is 5.97 Å². The van der Waals surface area contributed by atoms with Gasteiger partial charge in [-0.15, -0.1) is 0 Å². The van der Waals surface area contributed by atoms with Crippen LogP contribution >= 0.6 is 0 Å². The quantitative estimate of drug-likeness (QED) is 0.370. The molecule has 0 atom stereocenters. The Morgan fingerprint density at radius 1 is 0.870 bits per heavy atom. The molecule has 0 amide bonds. The van der Waals surface area contributed by atoms with Gasteiger partial charge in [0.15, 0.2) is 23.3 Å². The Bertz CT molecular complexity index is 715. The van der Waals surface area contributed by atoms with Crippen LogP contribution in [0.15, 0.2) is 24.3 Å². The maximum Gasteiger partial charge on any atom is 0.338 e. The Hall–Kier alpha value is -2.64. The van der Waals surface area contributed by atoms with Gasteiger partial charge in [0.25, 0.3) is 0 Å². The summed E-state index contributed by atoms with van der Waals surface area (Å²) < 4.78 is 75.2. The number of benzene rings is 2. The molecular formula is C15H9F5O3. The summed E-state index contributed by atoms with van der Waals surface area (Å²) in [4.78, 5) is 11.7. The fourth-order valence-corrected chi connectivity index (χ4v) is 1.73. The van der Waals surface area contributed by atoms with Gasteiger partial charge in [0.05, 0.1) is 18.2 Å². The van der Waals surface area contributed by atoms with E-state index in [1.807, 2.05) is 0 Å². The SMILES string of the molecule is COc1ccc(C(=O)OCc2c(F)c(F)c(F)c(F)c2F)cc1. The van der Waals surface area contributed by atoms with Crippen molar-refractivity contribution in [3.8, 4) is 5.75 Å². The predicted molar refractivity (Wildman–Crippen MR) is 68.3 cm³/mol. The van der Waals surface area contributed by atoms with Gasteiger partial charge in [0.2, 0.25) is 5.82 Å². The van der Waals surface area contributed by atoms with Crippen molar-refractivity contribution in [1.82, 2.24) is 0 Å². The third kappa shape index (κ3) is 3.25. The van der Waals surface area contributed by atoms with Crippen molar-refractivity contribution in [2.45, 2.75) is 6.61 Å². The molecule has 2 rings (SSSR count). The second kappa shape index (κ2) is 6.64. The number of carbonyl (C=O) groups is 1. The minimum Gasteiger partial charge on any atom is -0.497 e. The summed E-state index contributed by atoms with van der Waals surface area (Å²) >= 11 is 0. The summed E-state index contributed by atoms with van der Waals surface area (Å²) in [6.45, 7) is -1.10. The Labute approximate surface area is 127 Å². The maximum atomic E-state index is 13.4. The summed E-state index contributed by atoms with van der Waals surface area (Å²) in [6, 6.07) is 5.52. The minimum atomic E-state index is -2.27. The average molecular weight is 332 g/mol. The minimum absolute atomic E-state index is 0.0228. The Balaban J connectivity index is 2.19. The second-order valence-electron chi connectivity index (χ2n) is 4.35. The van der Waals surface area contributed by atoms with E-state index in [0.717, 1.165) is 0 Å². The number of rotatable bonds is 4. The highest BCUT2D eigenvalue weighted by Crippen LogP contribution is 2.24. The summed E-state index contributed by atoms with van der Waals surface area (Å²) in [5.41, 5.74) is -1.20. The van der Waals surface area contributed by atoms with E-state index in [0.29, 0.717) is 5.75 Å². The van der Waals surface area contributed by atoms with Gasteiger partial charge < -0.3 is 9.47 Å². The van der Waals surface area contributed by atoms with Crippen LogP contribution in [0.5, 0.6) is 5.75 Å². The lowest BCUT2D eigenvalue weighted by molar-refractivity contribution is 0.0462. The first kappa shape index (κ1) is 16.7. The molecule has 0 fully saturated rings. The highest BCUT2D eigenvalue weighted by Gasteiger charge is 2.26. The maximum absolute atomic E-state index is 13.4. The van der Waals surface area contributed by atoms with Gasteiger partial charge in [-0.1, -0.05) is 0 Å². The van der Waals surface area contributed by atoms with Crippen LogP contribution in [-0.2, 0) is 11.3 Å². The van der Waals surface area contributed by atoms with Crippen LogP contribution in [0, 0.1) is 29.1 Å². The zero-order valence-electron chi connectivity index (χ0n) is 11.6. The van der Waals surface area contributed by atoms with Crippen molar-refractivity contribution in [3.63, 3.8) is 0 Å². The van der Waals surface area contributed by atoms with Crippen LogP contribution in [0.2, 0.25) is 0 Å². The molecule has 2 aromatic rings. The fraction of sp³-hybridized carbons (Fsp3) is 0.133. The van der Waals surface area contributed by atoms with E-state index in [1.165, 1.54) is 31.4 Å². The molecule has 0 aliphatic heterocycles. The molecule has 0 heterocycles. The first-order chi connectivity index (χ1) is 10.9. The summed E-state index contributed by atoms with van der Waals surface area (Å²) in [6.07, 6.45) is 0. The number of halogens is 5. The summed E-state index contributed by atoms with van der Waals surface area (Å²) in [5.74, 6) is -11.1. The average Bonchev–Trinajstić information content (AvgIpc) is 2.58. The Kier molecular flexibility index (Phi) is 4.83. The van der Waals surface area contributed by atoms with E-state index in [-0.39, 0.29) is 5.56 Å². The van der Waals surface area contributed by atoms with Crippen molar-refractivity contribution < 1.29 is 36.2 Å². The molecule has 122 valence electrons. The molecule has 23 heavy (non-hydrogen) atoms. The molecule has 0 saturated heterocycles. The largest absolute Gasteiger partial charge is 0.497 e. The topological polar surface area (TPSA) is 35.5 Å². The standard InChI is InChI=1S/C15H9F5O3/c1-22-8-4-2-7(3-5-8)15(21)23-6-9-10(16)12(18)14(20)13(19)11(9)17/h2-5H,6H2,1H3. The molecule has 0 unspecified atom stereocenters. The van der Waals surface area contributed by atoms with Gasteiger partial charge in [-0.25, -0.2) is 26.7 Å². The predicted octanol–water partition coefficient (Wildman–Crippen LogP) is 3.75. The molecule has 0 N–H and O–H groups in total. The van der Waals surface area contributed by atoms with E-state index >= 15 is 0 Å². The van der Waals surface area contributed by atoms with Gasteiger partial charge in [0.1, 0.15) is 12.4 Å². The monoisotopic (exact) mass is 332 g/mol. The Morgan fingerprint density at radius 2 is 1.35 bits per heavy atom. The van der Waals surface area contributed by atoms with E-state index in [4.69, 9.17) is 4.74 Å². The number of ether oxygens (including phenoxy) is 2. The van der Waals surface area contributed by atoms with Crippen molar-refractivity contribution in [2.75, 3.05) is 7.11 Å². The molecule has 3 nitrogen and oxygen atoms in total. The molecule has 0 radical (unpaired) electrons. The third-order valence-corrected chi connectivity index (χ3v) is 2.97. The second-order valence-corrected chi connectivity index (χ2v) is 4.35. The first-order valence-corrected chi connectivity index (χ1v) is 6.18. The van der Waals surface area contributed by atoms with E-state index in [1.54, 1.807) is 0 Å². The van der Waals surface area contributed by atoms with Crippen LogP contribution in [0.25, 0.3) is 0 Å². The van der Waals surface area contributed by atoms with Crippen molar-refractivity contribution >= 4 is 5.97 Å². The van der Waals surface area contributed by atoms with Crippen LogP contribution in [0.3, 0.4) is 0 Å². The van der Waals surface area contributed by atoms with Crippen molar-refractivity contribution in [2.24, 2.45) is 0 Å². The summed E-state index contributed by atoms with van der Waals surface area (Å²) in [5, 5.41) is 0. The van der Waals surface area contributed by atoms with E-state index < -0.39 is 47.2 Å². The van der Waals surface area contributed by atoms with Crippen molar-refractivity contribution in [3.05, 3.63) is 64.5 Å². The van der Waals surface area contributed by atoms with Crippen LogP contribution in [0.4, 0.5) is 22.0 Å². The van der Waals surface area contributed by atoms with E-state index in [2.05, 4.69) is 4.74 Å². The highest BCUT2D eigenvalue weighted by atomic mass is 19.2. The lowest BCUT2D eigenvalue weighted by Gasteiger charge is -2.09. The smallest absolute Gasteiger partial charge is 0.338 e. The van der Waals surface area contributed by atoms with Crippen LogP contribution < -0.4 is 4.74 Å². The molecule has 2 aromatic carbocycles. The molecule has 0 aliphatic rings. The number of hydrogen-bond donors (Lipinski definition) is 0. The zero-order chi connectivity index (χ0) is 17.1. The molecule has 0 spiro atoms. The highest BCUT2D eigenvalue weighted by molar-refractivity contribution is 5.89. The third-order valence-electron chi connectivity index (χ3n) is 2.97. The first-order valence-electron chi connectivity index (χ1n) is 6.18. The molecule has 0 aromatic heterocycles. The van der Waals surface area contributed by atoms with Crippen LogP contribution in [0.1, 0.15) is 15.9 Å². The molecular weight excluding hydrogens is 323 g/mol. The summed E-state index contributed by atoms with van der Waals surface area (Å²) in [7, 11) is 1.41. The number of carbonyl (C=O) groups excluding carboxylic acids is 1. The lowest BCUT2D eigenvalue weighted by atomic mass is 10.1. The van der Waals surface area contributed by atoms with Gasteiger partial charge in [-0.2, -0.15) is 0 Å². The normalized spacial score (nSPS) is 10.5. The molecule has 0 saturated carbocycles. The molecule has 8 heteroatoms. The van der Waals surface area contributed by atoms with Crippen LogP contribution in [-0.4, -0.2) is 13.1 Å².